The summed E-state index contributed by atoms with van der Waals surface area (Å²) in [6, 6.07) is 0. The van der Waals surface area contributed by atoms with Crippen LogP contribution in [0.5, 0.6) is 0 Å². The monoisotopic (exact) mass is 295 g/mol. The van der Waals surface area contributed by atoms with E-state index in [9.17, 15) is 9.59 Å². The molecule has 1 saturated heterocycles. The second-order valence-corrected chi connectivity index (χ2v) is 6.32. The summed E-state index contributed by atoms with van der Waals surface area (Å²) in [7, 11) is 1.34. The van der Waals surface area contributed by atoms with E-state index in [1.54, 1.807) is 20.8 Å². The summed E-state index contributed by atoms with van der Waals surface area (Å²) >= 11 is 0. The van der Waals surface area contributed by atoms with E-state index in [4.69, 9.17) is 15.9 Å². The minimum absolute atomic E-state index is 0.386. The SMILES string of the molecule is C#CCCCC1(C(=O)OC)CCCN1C(=O)OC(C)(C)C. The zero-order valence-electron chi connectivity index (χ0n) is 13.4. The van der Waals surface area contributed by atoms with Crippen LogP contribution >= 0.6 is 0 Å². The Balaban J connectivity index is 2.96. The van der Waals surface area contributed by atoms with Gasteiger partial charge >= 0.3 is 12.1 Å². The number of ether oxygens (including phenoxy) is 2. The van der Waals surface area contributed by atoms with Crippen LogP contribution in [0, 0.1) is 12.3 Å². The Morgan fingerprint density at radius 1 is 1.38 bits per heavy atom. The molecule has 0 aromatic carbocycles. The highest BCUT2D eigenvalue weighted by Gasteiger charge is 2.51. The van der Waals surface area contributed by atoms with Crippen LogP contribution in [0.4, 0.5) is 4.79 Å². The van der Waals surface area contributed by atoms with Crippen LogP contribution in [0.25, 0.3) is 0 Å². The van der Waals surface area contributed by atoms with Crippen LogP contribution in [-0.2, 0) is 14.3 Å². The van der Waals surface area contributed by atoms with E-state index in [-0.39, 0.29) is 5.97 Å². The maximum atomic E-state index is 12.4. The molecule has 1 amide bonds. The van der Waals surface area contributed by atoms with Crippen molar-refractivity contribution >= 4 is 12.1 Å². The molecule has 0 saturated carbocycles. The predicted molar refractivity (Wildman–Crippen MR) is 79.6 cm³/mol. The third-order valence-electron chi connectivity index (χ3n) is 3.58. The Morgan fingerprint density at radius 2 is 2.05 bits per heavy atom. The minimum Gasteiger partial charge on any atom is -0.467 e. The van der Waals surface area contributed by atoms with Gasteiger partial charge in [0.2, 0.25) is 0 Å². The van der Waals surface area contributed by atoms with Crippen molar-refractivity contribution in [1.29, 1.82) is 0 Å². The fourth-order valence-electron chi connectivity index (χ4n) is 2.71. The third kappa shape index (κ3) is 4.13. The lowest BCUT2D eigenvalue weighted by molar-refractivity contribution is -0.153. The number of unbranched alkanes of at least 4 members (excludes halogenated alkanes) is 1. The topological polar surface area (TPSA) is 55.8 Å². The van der Waals surface area contributed by atoms with Gasteiger partial charge in [-0.1, -0.05) is 0 Å². The summed E-state index contributed by atoms with van der Waals surface area (Å²) in [6.45, 7) is 5.91. The molecule has 1 atom stereocenters. The van der Waals surface area contributed by atoms with Gasteiger partial charge in [-0.15, -0.1) is 12.3 Å². The first-order valence-corrected chi connectivity index (χ1v) is 7.29. The largest absolute Gasteiger partial charge is 0.467 e. The number of carbonyl (C=O) groups excluding carboxylic acids is 2. The maximum Gasteiger partial charge on any atom is 0.411 e. The number of rotatable bonds is 4. The zero-order chi connectivity index (χ0) is 16.1. The number of hydrogen-bond donors (Lipinski definition) is 0. The molecule has 0 spiro atoms. The molecular weight excluding hydrogens is 270 g/mol. The second kappa shape index (κ2) is 6.84. The van der Waals surface area contributed by atoms with Gasteiger partial charge in [-0.2, -0.15) is 0 Å². The summed E-state index contributed by atoms with van der Waals surface area (Å²) in [5.41, 5.74) is -1.53. The van der Waals surface area contributed by atoms with Crippen molar-refractivity contribution < 1.29 is 19.1 Å². The molecule has 21 heavy (non-hydrogen) atoms. The van der Waals surface area contributed by atoms with Gasteiger partial charge in [0.15, 0.2) is 0 Å². The van der Waals surface area contributed by atoms with Gasteiger partial charge in [-0.25, -0.2) is 9.59 Å². The minimum atomic E-state index is -0.937. The second-order valence-electron chi connectivity index (χ2n) is 6.32. The van der Waals surface area contributed by atoms with E-state index in [0.717, 1.165) is 6.42 Å². The molecule has 1 aliphatic rings. The highest BCUT2D eigenvalue weighted by molar-refractivity contribution is 5.86. The molecule has 0 aliphatic carbocycles. The van der Waals surface area contributed by atoms with Crippen molar-refractivity contribution in [2.24, 2.45) is 0 Å². The molecule has 1 heterocycles. The Kier molecular flexibility index (Phi) is 5.65. The normalized spacial score (nSPS) is 21.8. The number of amides is 1. The summed E-state index contributed by atoms with van der Waals surface area (Å²) in [5.74, 6) is 2.18. The van der Waals surface area contributed by atoms with Crippen molar-refractivity contribution in [1.82, 2.24) is 4.90 Å². The number of likely N-dealkylation sites (tertiary alicyclic amines) is 1. The fourth-order valence-corrected chi connectivity index (χ4v) is 2.71. The van der Waals surface area contributed by atoms with Gasteiger partial charge in [0.25, 0.3) is 0 Å². The van der Waals surface area contributed by atoms with Gasteiger partial charge in [0, 0.05) is 13.0 Å². The summed E-state index contributed by atoms with van der Waals surface area (Å²) in [6.07, 6.45) is 7.89. The molecule has 0 bridgehead atoms. The first-order valence-electron chi connectivity index (χ1n) is 7.29. The first-order chi connectivity index (χ1) is 9.77. The molecule has 1 unspecified atom stereocenters. The summed E-state index contributed by atoms with van der Waals surface area (Å²) in [5, 5.41) is 0. The molecule has 5 heteroatoms. The molecule has 118 valence electrons. The molecular formula is C16H25NO4. The van der Waals surface area contributed by atoms with E-state index < -0.39 is 17.2 Å². The van der Waals surface area contributed by atoms with Gasteiger partial charge in [-0.05, 0) is 46.5 Å². The fraction of sp³-hybridized carbons (Fsp3) is 0.750. The molecule has 0 aromatic heterocycles. The molecule has 1 fully saturated rings. The van der Waals surface area contributed by atoms with Crippen molar-refractivity contribution in [2.45, 2.75) is 64.0 Å². The highest BCUT2D eigenvalue weighted by Crippen LogP contribution is 2.36. The number of esters is 1. The Bertz CT molecular complexity index is 433. The van der Waals surface area contributed by atoms with Crippen molar-refractivity contribution in [2.75, 3.05) is 13.7 Å². The van der Waals surface area contributed by atoms with Gasteiger partial charge in [0.05, 0.1) is 7.11 Å². The molecule has 0 N–H and O–H groups in total. The summed E-state index contributed by atoms with van der Waals surface area (Å²) < 4.78 is 10.4. The number of methoxy groups -OCH3 is 1. The number of hydrogen-bond acceptors (Lipinski definition) is 4. The quantitative estimate of drug-likeness (QED) is 0.454. The van der Waals surface area contributed by atoms with Crippen molar-refractivity contribution in [3.05, 3.63) is 0 Å². The maximum absolute atomic E-state index is 12.4. The number of terminal acetylenes is 1. The van der Waals surface area contributed by atoms with Crippen molar-refractivity contribution in [3.8, 4) is 12.3 Å². The summed E-state index contributed by atoms with van der Waals surface area (Å²) in [4.78, 5) is 26.2. The number of nitrogens with zero attached hydrogens (tertiary/aromatic N) is 1. The molecule has 1 aliphatic heterocycles. The molecule has 0 aromatic rings. The number of carbonyl (C=O) groups is 2. The highest BCUT2D eigenvalue weighted by atomic mass is 16.6. The van der Waals surface area contributed by atoms with E-state index in [1.165, 1.54) is 12.0 Å². The molecule has 1 rings (SSSR count). The lowest BCUT2D eigenvalue weighted by atomic mass is 9.90. The van der Waals surface area contributed by atoms with Gasteiger partial charge in [-0.3, -0.25) is 4.90 Å². The van der Waals surface area contributed by atoms with Crippen LogP contribution < -0.4 is 0 Å². The van der Waals surface area contributed by atoms with Crippen LogP contribution in [0.15, 0.2) is 0 Å². The molecule has 5 nitrogen and oxygen atoms in total. The van der Waals surface area contributed by atoms with E-state index in [1.807, 2.05) is 0 Å². The van der Waals surface area contributed by atoms with Crippen LogP contribution in [0.2, 0.25) is 0 Å². The van der Waals surface area contributed by atoms with Crippen LogP contribution in [0.1, 0.15) is 52.9 Å². The standard InChI is InChI=1S/C16H25NO4/c1-6-7-8-10-16(13(18)20-5)11-9-12-17(16)14(19)21-15(2,3)4/h1H,7-12H2,2-5H3. The zero-order valence-corrected chi connectivity index (χ0v) is 13.4. The lowest BCUT2D eigenvalue weighted by Gasteiger charge is -2.36. The van der Waals surface area contributed by atoms with Gasteiger partial charge in [0.1, 0.15) is 11.1 Å². The Hall–Kier alpha value is -1.70. The van der Waals surface area contributed by atoms with E-state index >= 15 is 0 Å². The Morgan fingerprint density at radius 3 is 2.57 bits per heavy atom. The predicted octanol–water partition coefficient (Wildman–Crippen LogP) is 2.73. The van der Waals surface area contributed by atoms with Gasteiger partial charge < -0.3 is 9.47 Å². The van der Waals surface area contributed by atoms with Crippen molar-refractivity contribution in [3.63, 3.8) is 0 Å². The third-order valence-corrected chi connectivity index (χ3v) is 3.58. The average Bonchev–Trinajstić information content (AvgIpc) is 2.81. The Labute approximate surface area is 127 Å². The first kappa shape index (κ1) is 17.4. The van der Waals surface area contributed by atoms with Crippen LogP contribution in [-0.4, -0.2) is 41.8 Å². The van der Waals surface area contributed by atoms with E-state index in [2.05, 4.69) is 5.92 Å². The lowest BCUT2D eigenvalue weighted by Crippen LogP contribution is -2.54. The smallest absolute Gasteiger partial charge is 0.411 e. The average molecular weight is 295 g/mol. The molecule has 0 radical (unpaired) electrons. The van der Waals surface area contributed by atoms with E-state index in [0.29, 0.717) is 32.2 Å². The van der Waals surface area contributed by atoms with Crippen LogP contribution in [0.3, 0.4) is 0 Å².